The van der Waals surface area contributed by atoms with E-state index in [4.69, 9.17) is 14.2 Å². The van der Waals surface area contributed by atoms with Crippen molar-refractivity contribution >= 4 is 16.7 Å². The monoisotopic (exact) mass is 429 g/mol. The number of fused-ring (bicyclic) bond motifs is 1. The molecule has 2 aliphatic rings. The van der Waals surface area contributed by atoms with E-state index in [0.29, 0.717) is 43.9 Å². The van der Waals surface area contributed by atoms with Crippen LogP contribution < -0.4 is 15.2 Å². The van der Waals surface area contributed by atoms with E-state index in [1.807, 2.05) is 0 Å². The van der Waals surface area contributed by atoms with Gasteiger partial charge in [0, 0.05) is 38.5 Å². The van der Waals surface area contributed by atoms with Gasteiger partial charge >= 0.3 is 6.01 Å². The number of hydrogen-bond acceptors (Lipinski definition) is 7. The number of ether oxygens (including phenoxy) is 3. The molecule has 4 heterocycles. The molecular formula is C21H24FN5O4. The number of rotatable bonds is 4. The van der Waals surface area contributed by atoms with E-state index in [1.54, 1.807) is 23.9 Å². The highest BCUT2D eigenvalue weighted by atomic mass is 19.1. The molecule has 0 unspecified atom stereocenters. The maximum Gasteiger partial charge on any atom is 0.306 e. The lowest BCUT2D eigenvalue weighted by molar-refractivity contribution is 0.0562. The van der Waals surface area contributed by atoms with E-state index in [1.165, 1.54) is 16.8 Å². The summed E-state index contributed by atoms with van der Waals surface area (Å²) in [6, 6.07) is 4.80. The Labute approximate surface area is 177 Å². The molecule has 1 atom stereocenters. The molecule has 10 heteroatoms. The molecule has 1 aromatic carbocycles. The van der Waals surface area contributed by atoms with Gasteiger partial charge in [0.2, 0.25) is 0 Å². The highest BCUT2D eigenvalue weighted by Gasteiger charge is 2.23. The van der Waals surface area contributed by atoms with E-state index in [0.717, 1.165) is 25.1 Å². The molecule has 31 heavy (non-hydrogen) atoms. The molecule has 2 aromatic heterocycles. The van der Waals surface area contributed by atoms with Crippen LogP contribution in [0.15, 0.2) is 29.2 Å². The van der Waals surface area contributed by atoms with Crippen molar-refractivity contribution < 1.29 is 18.6 Å². The summed E-state index contributed by atoms with van der Waals surface area (Å²) >= 11 is 0. The van der Waals surface area contributed by atoms with Crippen molar-refractivity contribution in [1.29, 1.82) is 0 Å². The SMILES string of the molecule is Cn1c(Oc2ccc(N3CCOCC3)cc2F)nc2c(cnn2[C@@H]2CCCOC2)c1=O. The second kappa shape index (κ2) is 8.27. The Bertz CT molecular complexity index is 1150. The predicted octanol–water partition coefficient (Wildman–Crippen LogP) is 2.25. The average Bonchev–Trinajstić information content (AvgIpc) is 3.23. The Morgan fingerprint density at radius 1 is 1.19 bits per heavy atom. The second-order valence-corrected chi connectivity index (χ2v) is 7.77. The summed E-state index contributed by atoms with van der Waals surface area (Å²) in [5.74, 6) is -0.515. The number of morpholine rings is 1. The molecule has 5 rings (SSSR count). The smallest absolute Gasteiger partial charge is 0.306 e. The Balaban J connectivity index is 1.47. The minimum atomic E-state index is -0.521. The van der Waals surface area contributed by atoms with Crippen molar-refractivity contribution in [3.05, 3.63) is 40.6 Å². The summed E-state index contributed by atoms with van der Waals surface area (Å²) in [6.07, 6.45) is 3.32. The molecule has 0 N–H and O–H groups in total. The Morgan fingerprint density at radius 2 is 2.03 bits per heavy atom. The van der Waals surface area contributed by atoms with E-state index >= 15 is 0 Å². The van der Waals surface area contributed by atoms with Crippen LogP contribution in [0.25, 0.3) is 11.0 Å². The van der Waals surface area contributed by atoms with E-state index < -0.39 is 5.82 Å². The Morgan fingerprint density at radius 3 is 2.77 bits per heavy atom. The van der Waals surface area contributed by atoms with Crippen LogP contribution in [0, 0.1) is 5.82 Å². The first kappa shape index (κ1) is 20.0. The maximum absolute atomic E-state index is 14.8. The van der Waals surface area contributed by atoms with E-state index in [9.17, 15) is 9.18 Å². The normalized spacial score (nSPS) is 19.7. The van der Waals surface area contributed by atoms with Crippen LogP contribution in [-0.2, 0) is 16.5 Å². The minimum absolute atomic E-state index is 0.00301. The fourth-order valence-corrected chi connectivity index (χ4v) is 4.02. The highest BCUT2D eigenvalue weighted by molar-refractivity contribution is 5.74. The van der Waals surface area contributed by atoms with Gasteiger partial charge in [0.05, 0.1) is 32.1 Å². The van der Waals surface area contributed by atoms with Gasteiger partial charge in [0.25, 0.3) is 5.56 Å². The van der Waals surface area contributed by atoms with Crippen LogP contribution in [0.4, 0.5) is 10.1 Å². The first-order chi connectivity index (χ1) is 15.1. The molecule has 0 bridgehead atoms. The molecule has 0 amide bonds. The molecule has 0 spiro atoms. The predicted molar refractivity (Wildman–Crippen MR) is 111 cm³/mol. The summed E-state index contributed by atoms with van der Waals surface area (Å²) < 4.78 is 34.4. The van der Waals surface area contributed by atoms with Crippen molar-refractivity contribution in [1.82, 2.24) is 19.3 Å². The van der Waals surface area contributed by atoms with Gasteiger partial charge in [-0.05, 0) is 25.0 Å². The van der Waals surface area contributed by atoms with Gasteiger partial charge < -0.3 is 19.1 Å². The molecule has 3 aromatic rings. The number of anilines is 1. The van der Waals surface area contributed by atoms with Crippen molar-refractivity contribution in [2.75, 3.05) is 44.4 Å². The quantitative estimate of drug-likeness (QED) is 0.629. The van der Waals surface area contributed by atoms with Crippen LogP contribution in [-0.4, -0.2) is 58.8 Å². The van der Waals surface area contributed by atoms with Gasteiger partial charge in [0.1, 0.15) is 5.39 Å². The highest BCUT2D eigenvalue weighted by Crippen LogP contribution is 2.29. The zero-order valence-electron chi connectivity index (χ0n) is 17.3. The number of halogens is 1. The number of benzene rings is 1. The third kappa shape index (κ3) is 3.77. The summed E-state index contributed by atoms with van der Waals surface area (Å²) in [6.45, 7) is 3.89. The van der Waals surface area contributed by atoms with Crippen molar-refractivity contribution in [3.63, 3.8) is 0 Å². The third-order valence-corrected chi connectivity index (χ3v) is 5.77. The van der Waals surface area contributed by atoms with Crippen LogP contribution >= 0.6 is 0 Å². The average molecular weight is 429 g/mol. The number of hydrogen-bond donors (Lipinski definition) is 0. The number of aromatic nitrogens is 4. The van der Waals surface area contributed by atoms with Gasteiger partial charge in [-0.2, -0.15) is 10.1 Å². The zero-order valence-corrected chi connectivity index (χ0v) is 17.3. The van der Waals surface area contributed by atoms with Crippen LogP contribution in [0.2, 0.25) is 0 Å². The first-order valence-corrected chi connectivity index (χ1v) is 10.4. The van der Waals surface area contributed by atoms with Crippen molar-refractivity contribution in [2.24, 2.45) is 7.05 Å². The zero-order chi connectivity index (χ0) is 21.4. The molecule has 2 fully saturated rings. The first-order valence-electron chi connectivity index (χ1n) is 10.4. The molecule has 0 aliphatic carbocycles. The Kier molecular flexibility index (Phi) is 5.33. The van der Waals surface area contributed by atoms with Crippen molar-refractivity contribution in [2.45, 2.75) is 18.9 Å². The van der Waals surface area contributed by atoms with E-state index in [-0.39, 0.29) is 23.4 Å². The largest absolute Gasteiger partial charge is 0.422 e. The summed E-state index contributed by atoms with van der Waals surface area (Å²) in [5.41, 5.74) is 0.882. The molecule has 2 saturated heterocycles. The third-order valence-electron chi connectivity index (χ3n) is 5.77. The van der Waals surface area contributed by atoms with Crippen LogP contribution in [0.3, 0.4) is 0 Å². The molecule has 0 radical (unpaired) electrons. The fourth-order valence-electron chi connectivity index (χ4n) is 4.02. The standard InChI is InChI=1S/C21H24FN5O4/c1-25-20(28)16-12-23-27(15-3-2-8-30-13-15)19(16)24-21(25)31-18-5-4-14(11-17(18)22)26-6-9-29-10-7-26/h4-5,11-12,15H,2-3,6-10,13H2,1H3/t15-/m1/s1. The van der Waals surface area contributed by atoms with Gasteiger partial charge in [0.15, 0.2) is 17.2 Å². The van der Waals surface area contributed by atoms with E-state index in [2.05, 4.69) is 15.0 Å². The lowest BCUT2D eigenvalue weighted by Gasteiger charge is -2.29. The van der Waals surface area contributed by atoms with Crippen LogP contribution in [0.1, 0.15) is 18.9 Å². The molecule has 9 nitrogen and oxygen atoms in total. The second-order valence-electron chi connectivity index (χ2n) is 7.77. The molecule has 2 aliphatic heterocycles. The molecular weight excluding hydrogens is 405 g/mol. The minimum Gasteiger partial charge on any atom is -0.422 e. The molecule has 164 valence electrons. The Hall–Kier alpha value is -2.98. The lowest BCUT2D eigenvalue weighted by Crippen LogP contribution is -2.36. The topological polar surface area (TPSA) is 83.6 Å². The van der Waals surface area contributed by atoms with Gasteiger partial charge in [-0.15, -0.1) is 0 Å². The van der Waals surface area contributed by atoms with Gasteiger partial charge in [-0.1, -0.05) is 0 Å². The summed E-state index contributed by atoms with van der Waals surface area (Å²) in [4.78, 5) is 19.4. The lowest BCUT2D eigenvalue weighted by atomic mass is 10.1. The van der Waals surface area contributed by atoms with Gasteiger partial charge in [-0.25, -0.2) is 9.07 Å². The maximum atomic E-state index is 14.8. The van der Waals surface area contributed by atoms with Crippen LogP contribution in [0.5, 0.6) is 11.8 Å². The van der Waals surface area contributed by atoms with Crippen molar-refractivity contribution in [3.8, 4) is 11.8 Å². The number of nitrogens with zero attached hydrogens (tertiary/aromatic N) is 5. The summed E-state index contributed by atoms with van der Waals surface area (Å²) in [7, 11) is 1.55. The fraction of sp³-hybridized carbons (Fsp3) is 0.476. The van der Waals surface area contributed by atoms with Gasteiger partial charge in [-0.3, -0.25) is 9.36 Å². The molecule has 0 saturated carbocycles. The summed E-state index contributed by atoms with van der Waals surface area (Å²) in [5, 5.41) is 4.76.